The second-order valence-electron chi connectivity index (χ2n) is 4.65. The largest absolute Gasteiger partial charge is 0.377 e. The number of nitrogens with zero attached hydrogens (tertiary/aromatic N) is 3. The Hall–Kier alpha value is -1.88. The first-order valence-electron chi connectivity index (χ1n) is 6.07. The van der Waals surface area contributed by atoms with Gasteiger partial charge in [0.05, 0.1) is 18.8 Å². The molecule has 0 saturated carbocycles. The Balaban J connectivity index is 2.01. The second-order valence-corrected chi connectivity index (χ2v) is 4.65. The van der Waals surface area contributed by atoms with Crippen molar-refractivity contribution in [2.75, 3.05) is 24.7 Å². The lowest BCUT2D eigenvalue weighted by atomic mass is 9.90. The molecular weight excluding hydrogens is 228 g/mol. The van der Waals surface area contributed by atoms with Gasteiger partial charge in [-0.1, -0.05) is 30.3 Å². The van der Waals surface area contributed by atoms with E-state index < -0.39 is 0 Å². The van der Waals surface area contributed by atoms with Crippen LogP contribution in [0.25, 0.3) is 0 Å². The Morgan fingerprint density at radius 2 is 2.17 bits per heavy atom. The van der Waals surface area contributed by atoms with E-state index in [0.29, 0.717) is 13.2 Å². The molecule has 5 nitrogen and oxygen atoms in total. The van der Waals surface area contributed by atoms with Crippen LogP contribution in [0, 0.1) is 0 Å². The van der Waals surface area contributed by atoms with E-state index in [1.54, 1.807) is 0 Å². The number of anilines is 1. The van der Waals surface area contributed by atoms with Crippen LogP contribution in [0.3, 0.4) is 0 Å². The zero-order valence-corrected chi connectivity index (χ0v) is 10.3. The molecule has 1 atom stereocenters. The molecule has 1 unspecified atom stereocenters. The van der Waals surface area contributed by atoms with Gasteiger partial charge < -0.3 is 9.64 Å². The van der Waals surface area contributed by atoms with Crippen LogP contribution in [0.15, 0.2) is 36.7 Å². The first kappa shape index (κ1) is 11.2. The van der Waals surface area contributed by atoms with Crippen molar-refractivity contribution >= 4 is 5.95 Å². The molecule has 3 rings (SSSR count). The zero-order chi connectivity index (χ0) is 12.4. The molecule has 1 aromatic heterocycles. The molecule has 0 radical (unpaired) electrons. The number of benzene rings is 1. The molecule has 18 heavy (non-hydrogen) atoms. The average molecular weight is 244 g/mol. The summed E-state index contributed by atoms with van der Waals surface area (Å²) in [5.74, 6) is 0.796. The lowest BCUT2D eigenvalue weighted by Crippen LogP contribution is -2.53. The molecule has 0 spiro atoms. The van der Waals surface area contributed by atoms with Gasteiger partial charge in [0.15, 0.2) is 0 Å². The van der Waals surface area contributed by atoms with Crippen molar-refractivity contribution in [3.63, 3.8) is 0 Å². The molecule has 2 heterocycles. The number of aromatic nitrogens is 3. The van der Waals surface area contributed by atoms with Crippen LogP contribution in [-0.2, 0) is 10.3 Å². The lowest BCUT2D eigenvalue weighted by molar-refractivity contribution is 0.0549. The predicted molar refractivity (Wildman–Crippen MR) is 68.3 cm³/mol. The molecule has 5 heteroatoms. The number of rotatable bonds is 2. The van der Waals surface area contributed by atoms with E-state index in [2.05, 4.69) is 39.1 Å². The Labute approximate surface area is 106 Å². The highest BCUT2D eigenvalue weighted by atomic mass is 16.5. The first-order chi connectivity index (χ1) is 8.81. The van der Waals surface area contributed by atoms with Gasteiger partial charge in [-0.05, 0) is 12.5 Å². The van der Waals surface area contributed by atoms with Crippen LogP contribution in [0.1, 0.15) is 12.5 Å². The minimum absolute atomic E-state index is 0.209. The zero-order valence-electron chi connectivity index (χ0n) is 10.3. The number of nitrogens with one attached hydrogen (secondary N) is 1. The molecular formula is C13H16N4O. The highest BCUT2D eigenvalue weighted by molar-refractivity contribution is 5.40. The van der Waals surface area contributed by atoms with Crippen LogP contribution in [0.5, 0.6) is 0 Å². The van der Waals surface area contributed by atoms with Crippen molar-refractivity contribution in [3.8, 4) is 0 Å². The number of morpholine rings is 1. The molecule has 1 saturated heterocycles. The van der Waals surface area contributed by atoms with Crippen molar-refractivity contribution in [1.29, 1.82) is 0 Å². The number of aromatic amines is 1. The summed E-state index contributed by atoms with van der Waals surface area (Å²) in [6.07, 6.45) is 1.54. The van der Waals surface area contributed by atoms with Crippen molar-refractivity contribution < 1.29 is 4.74 Å². The molecule has 94 valence electrons. The van der Waals surface area contributed by atoms with Crippen molar-refractivity contribution in [2.24, 2.45) is 0 Å². The van der Waals surface area contributed by atoms with E-state index in [0.717, 1.165) is 12.5 Å². The third kappa shape index (κ3) is 1.76. The van der Waals surface area contributed by atoms with Crippen LogP contribution >= 0.6 is 0 Å². The van der Waals surface area contributed by atoms with Gasteiger partial charge in [0.1, 0.15) is 6.33 Å². The summed E-state index contributed by atoms with van der Waals surface area (Å²) in [5.41, 5.74) is 1.01. The van der Waals surface area contributed by atoms with Gasteiger partial charge in [-0.2, -0.15) is 10.1 Å². The van der Waals surface area contributed by atoms with Crippen molar-refractivity contribution in [3.05, 3.63) is 42.2 Å². The van der Waals surface area contributed by atoms with Crippen molar-refractivity contribution in [2.45, 2.75) is 12.5 Å². The Kier molecular flexibility index (Phi) is 2.76. The van der Waals surface area contributed by atoms with Gasteiger partial charge >= 0.3 is 0 Å². The maximum atomic E-state index is 5.66. The topological polar surface area (TPSA) is 54.0 Å². The van der Waals surface area contributed by atoms with Gasteiger partial charge in [0, 0.05) is 6.54 Å². The summed E-state index contributed by atoms with van der Waals surface area (Å²) in [6, 6.07) is 10.4. The fourth-order valence-corrected chi connectivity index (χ4v) is 2.46. The maximum Gasteiger partial charge on any atom is 0.221 e. The minimum atomic E-state index is -0.209. The quantitative estimate of drug-likeness (QED) is 0.871. The molecule has 0 bridgehead atoms. The molecule has 1 aromatic carbocycles. The van der Waals surface area contributed by atoms with Crippen LogP contribution in [-0.4, -0.2) is 34.9 Å². The van der Waals surface area contributed by atoms with Gasteiger partial charge in [-0.15, -0.1) is 0 Å². The first-order valence-corrected chi connectivity index (χ1v) is 6.07. The smallest absolute Gasteiger partial charge is 0.221 e. The predicted octanol–water partition coefficient (Wildman–Crippen LogP) is 1.56. The van der Waals surface area contributed by atoms with Gasteiger partial charge in [0.2, 0.25) is 5.95 Å². The van der Waals surface area contributed by atoms with Crippen molar-refractivity contribution in [1.82, 2.24) is 15.2 Å². The molecule has 0 aliphatic carbocycles. The summed E-state index contributed by atoms with van der Waals surface area (Å²) in [6.45, 7) is 4.34. The fraction of sp³-hybridized carbons (Fsp3) is 0.385. The molecule has 1 fully saturated rings. The van der Waals surface area contributed by atoms with E-state index >= 15 is 0 Å². The van der Waals surface area contributed by atoms with Crippen LogP contribution in [0.2, 0.25) is 0 Å². The molecule has 2 aromatic rings. The molecule has 1 N–H and O–H groups in total. The fourth-order valence-electron chi connectivity index (χ4n) is 2.46. The number of H-pyrrole nitrogens is 1. The minimum Gasteiger partial charge on any atom is -0.377 e. The summed E-state index contributed by atoms with van der Waals surface area (Å²) in [4.78, 5) is 6.49. The summed E-state index contributed by atoms with van der Waals surface area (Å²) < 4.78 is 5.66. The summed E-state index contributed by atoms with van der Waals surface area (Å²) in [5, 5.41) is 6.88. The van der Waals surface area contributed by atoms with E-state index in [1.807, 2.05) is 18.2 Å². The molecule has 1 aliphatic rings. The average Bonchev–Trinajstić information content (AvgIpc) is 2.94. The van der Waals surface area contributed by atoms with Gasteiger partial charge in [-0.25, -0.2) is 5.10 Å². The van der Waals surface area contributed by atoms with Gasteiger partial charge in [0.25, 0.3) is 0 Å². The third-order valence-electron chi connectivity index (χ3n) is 3.49. The molecule has 1 aliphatic heterocycles. The Bertz CT molecular complexity index is 499. The van der Waals surface area contributed by atoms with E-state index in [4.69, 9.17) is 4.74 Å². The number of hydrogen-bond acceptors (Lipinski definition) is 4. The number of ether oxygens (including phenoxy) is 1. The monoisotopic (exact) mass is 244 g/mol. The third-order valence-corrected chi connectivity index (χ3v) is 3.49. The summed E-state index contributed by atoms with van der Waals surface area (Å²) in [7, 11) is 0. The van der Waals surface area contributed by atoms with Crippen LogP contribution < -0.4 is 4.90 Å². The lowest BCUT2D eigenvalue weighted by Gasteiger charge is -2.44. The van der Waals surface area contributed by atoms with E-state index in [-0.39, 0.29) is 5.54 Å². The maximum absolute atomic E-state index is 5.66. The second kappa shape index (κ2) is 4.42. The van der Waals surface area contributed by atoms with E-state index in [1.165, 1.54) is 11.9 Å². The highest BCUT2D eigenvalue weighted by Gasteiger charge is 2.38. The Morgan fingerprint density at radius 1 is 1.33 bits per heavy atom. The summed E-state index contributed by atoms with van der Waals surface area (Å²) >= 11 is 0. The van der Waals surface area contributed by atoms with Gasteiger partial charge in [-0.3, -0.25) is 0 Å². The molecule has 0 amide bonds. The van der Waals surface area contributed by atoms with Crippen LogP contribution in [0.4, 0.5) is 5.95 Å². The highest BCUT2D eigenvalue weighted by Crippen LogP contribution is 2.33. The standard InChI is InChI=1S/C13H16N4O/c1-13(11-5-3-2-4-6-11)9-18-8-7-17(13)12-14-10-15-16-12/h2-6,10H,7-9H2,1H3,(H,14,15,16). The normalized spacial score (nSPS) is 24.2. The van der Waals surface area contributed by atoms with E-state index in [9.17, 15) is 0 Å². The Morgan fingerprint density at radius 3 is 2.89 bits per heavy atom. The SMILES string of the molecule is CC1(c2ccccc2)COCCN1c1ncn[nH]1. The number of hydrogen-bond donors (Lipinski definition) is 1.